The van der Waals surface area contributed by atoms with E-state index >= 15 is 0 Å². The summed E-state index contributed by atoms with van der Waals surface area (Å²) in [5.74, 6) is 0.447. The van der Waals surface area contributed by atoms with E-state index in [1.165, 1.54) is 18.7 Å². The van der Waals surface area contributed by atoms with E-state index in [0.717, 1.165) is 37.5 Å². The van der Waals surface area contributed by atoms with Crippen LogP contribution < -0.4 is 4.74 Å². The second kappa shape index (κ2) is 10.3. The summed E-state index contributed by atoms with van der Waals surface area (Å²) in [7, 11) is 1.49. The molecule has 0 atom stereocenters. The fourth-order valence-electron chi connectivity index (χ4n) is 3.38. The van der Waals surface area contributed by atoms with Gasteiger partial charge in [-0.05, 0) is 73.3 Å². The van der Waals surface area contributed by atoms with Crippen molar-refractivity contribution in [3.05, 3.63) is 64.7 Å². The summed E-state index contributed by atoms with van der Waals surface area (Å²) in [5.41, 5.74) is 1.96. The predicted octanol–water partition coefficient (Wildman–Crippen LogP) is 4.52. The Bertz CT molecular complexity index is 842. The first kappa shape index (κ1) is 21.2. The van der Waals surface area contributed by atoms with Gasteiger partial charge < -0.3 is 14.6 Å². The molecule has 1 fully saturated rings. The van der Waals surface area contributed by atoms with E-state index in [9.17, 15) is 9.90 Å². The molecule has 6 heteroatoms. The fourth-order valence-corrected chi connectivity index (χ4v) is 3.51. The third-order valence-electron chi connectivity index (χ3n) is 5.10. The number of carbonyl (C=O) groups is 1. The van der Waals surface area contributed by atoms with Crippen molar-refractivity contribution in [1.82, 2.24) is 4.90 Å². The minimum Gasteiger partial charge on any atom is -0.504 e. The van der Waals surface area contributed by atoms with Crippen LogP contribution in [0.25, 0.3) is 6.08 Å². The molecule has 0 bridgehead atoms. The lowest BCUT2D eigenvalue weighted by atomic mass is 9.97. The highest BCUT2D eigenvalue weighted by molar-refractivity contribution is 6.30. The Kier molecular flexibility index (Phi) is 7.55. The van der Waals surface area contributed by atoms with Gasteiger partial charge in [0.2, 0.25) is 0 Å². The summed E-state index contributed by atoms with van der Waals surface area (Å²) in [6.07, 6.45) is 5.03. The van der Waals surface area contributed by atoms with E-state index in [0.29, 0.717) is 23.8 Å². The minimum absolute atomic E-state index is 0.0355. The molecule has 0 unspecified atom stereocenters. The van der Waals surface area contributed by atoms with Gasteiger partial charge in [-0.2, -0.15) is 0 Å². The highest BCUT2D eigenvalue weighted by Crippen LogP contribution is 2.26. The van der Waals surface area contributed by atoms with Gasteiger partial charge in [-0.1, -0.05) is 29.8 Å². The summed E-state index contributed by atoms with van der Waals surface area (Å²) >= 11 is 5.93. The average molecular weight is 416 g/mol. The monoisotopic (exact) mass is 415 g/mol. The van der Waals surface area contributed by atoms with Crippen molar-refractivity contribution >= 4 is 23.6 Å². The molecular weight excluding hydrogens is 390 g/mol. The zero-order valence-electron chi connectivity index (χ0n) is 16.5. The SMILES string of the molecule is COc1ccc(/C=C/C(=O)OCC2CCN(Cc3ccc(Cl)cc3)CC2)cc1O. The Hall–Kier alpha value is -2.50. The number of methoxy groups -OCH3 is 1. The summed E-state index contributed by atoms with van der Waals surface area (Å²) in [5, 5.41) is 10.5. The van der Waals surface area contributed by atoms with Crippen molar-refractivity contribution in [3.8, 4) is 11.5 Å². The molecule has 0 aromatic heterocycles. The number of ether oxygens (including phenoxy) is 2. The summed E-state index contributed by atoms with van der Waals surface area (Å²) in [4.78, 5) is 14.4. The number of nitrogens with zero attached hydrogens (tertiary/aromatic N) is 1. The zero-order chi connectivity index (χ0) is 20.6. The molecule has 1 aliphatic rings. The molecule has 0 aliphatic carbocycles. The number of halogens is 1. The Morgan fingerprint density at radius 3 is 2.59 bits per heavy atom. The van der Waals surface area contributed by atoms with Crippen molar-refractivity contribution in [1.29, 1.82) is 0 Å². The molecular formula is C23H26ClNO4. The van der Waals surface area contributed by atoms with Crippen LogP contribution in [0.15, 0.2) is 48.5 Å². The molecule has 5 nitrogen and oxygen atoms in total. The first-order valence-corrected chi connectivity index (χ1v) is 10.1. The number of phenolic OH excluding ortho intramolecular Hbond substituents is 1. The van der Waals surface area contributed by atoms with Crippen molar-refractivity contribution in [3.63, 3.8) is 0 Å². The highest BCUT2D eigenvalue weighted by Gasteiger charge is 2.20. The molecule has 0 amide bonds. The van der Waals surface area contributed by atoms with E-state index in [1.54, 1.807) is 24.3 Å². The van der Waals surface area contributed by atoms with E-state index in [2.05, 4.69) is 17.0 Å². The van der Waals surface area contributed by atoms with Gasteiger partial charge in [0.25, 0.3) is 0 Å². The Morgan fingerprint density at radius 1 is 1.21 bits per heavy atom. The first-order valence-electron chi connectivity index (χ1n) is 9.72. The van der Waals surface area contributed by atoms with Crippen molar-refractivity contribution in [2.75, 3.05) is 26.8 Å². The van der Waals surface area contributed by atoms with Crippen LogP contribution in [0.5, 0.6) is 11.5 Å². The number of piperidine rings is 1. The van der Waals surface area contributed by atoms with Crippen LogP contribution in [0.1, 0.15) is 24.0 Å². The highest BCUT2D eigenvalue weighted by atomic mass is 35.5. The summed E-state index contributed by atoms with van der Waals surface area (Å²) in [6, 6.07) is 12.9. The number of hydrogen-bond donors (Lipinski definition) is 1. The van der Waals surface area contributed by atoms with Crippen LogP contribution in [-0.4, -0.2) is 42.8 Å². The molecule has 3 rings (SSSR count). The molecule has 1 heterocycles. The standard InChI is InChI=1S/C23H26ClNO4/c1-28-22-8-4-17(14-21(22)26)5-9-23(27)29-16-19-10-12-25(13-11-19)15-18-2-6-20(24)7-3-18/h2-9,14,19,26H,10-13,15-16H2,1H3/b9-5+. The molecule has 1 aliphatic heterocycles. The van der Waals surface area contributed by atoms with Gasteiger partial charge in [0.1, 0.15) is 0 Å². The van der Waals surface area contributed by atoms with Gasteiger partial charge in [0.15, 0.2) is 11.5 Å². The molecule has 154 valence electrons. The molecule has 29 heavy (non-hydrogen) atoms. The maximum absolute atomic E-state index is 12.0. The molecule has 0 saturated carbocycles. The van der Waals surface area contributed by atoms with Gasteiger partial charge >= 0.3 is 5.97 Å². The topological polar surface area (TPSA) is 59.0 Å². The third-order valence-corrected chi connectivity index (χ3v) is 5.35. The molecule has 0 radical (unpaired) electrons. The third kappa shape index (κ3) is 6.51. The number of esters is 1. The fraction of sp³-hybridized carbons (Fsp3) is 0.348. The largest absolute Gasteiger partial charge is 0.504 e. The van der Waals surface area contributed by atoms with Gasteiger partial charge in [-0.15, -0.1) is 0 Å². The van der Waals surface area contributed by atoms with Gasteiger partial charge in [-0.25, -0.2) is 4.79 Å². The predicted molar refractivity (Wildman–Crippen MR) is 114 cm³/mol. The van der Waals surface area contributed by atoms with Crippen molar-refractivity contribution in [2.24, 2.45) is 5.92 Å². The quantitative estimate of drug-likeness (QED) is 0.532. The number of likely N-dealkylation sites (tertiary alicyclic amines) is 1. The van der Waals surface area contributed by atoms with Gasteiger partial charge in [0, 0.05) is 17.6 Å². The number of aromatic hydroxyl groups is 1. The summed E-state index contributed by atoms with van der Waals surface area (Å²) < 4.78 is 10.4. The average Bonchev–Trinajstić information content (AvgIpc) is 2.73. The minimum atomic E-state index is -0.371. The number of benzene rings is 2. The maximum atomic E-state index is 12.0. The zero-order valence-corrected chi connectivity index (χ0v) is 17.3. The van der Waals surface area contributed by atoms with E-state index in [-0.39, 0.29) is 11.7 Å². The van der Waals surface area contributed by atoms with E-state index < -0.39 is 0 Å². The first-order chi connectivity index (χ1) is 14.0. The lowest BCUT2D eigenvalue weighted by molar-refractivity contribution is -0.139. The van der Waals surface area contributed by atoms with Crippen LogP contribution in [0, 0.1) is 5.92 Å². The number of carbonyl (C=O) groups excluding carboxylic acids is 1. The number of phenols is 1. The van der Waals surface area contributed by atoms with Crippen LogP contribution in [-0.2, 0) is 16.1 Å². The van der Waals surface area contributed by atoms with E-state index in [1.807, 2.05) is 12.1 Å². The number of hydrogen-bond acceptors (Lipinski definition) is 5. The molecule has 1 N–H and O–H groups in total. The van der Waals surface area contributed by atoms with E-state index in [4.69, 9.17) is 21.1 Å². The second-order valence-electron chi connectivity index (χ2n) is 7.24. The Labute approximate surface area is 176 Å². The lowest BCUT2D eigenvalue weighted by Crippen LogP contribution is -2.34. The van der Waals surface area contributed by atoms with Crippen LogP contribution >= 0.6 is 11.6 Å². The maximum Gasteiger partial charge on any atom is 0.330 e. The summed E-state index contributed by atoms with van der Waals surface area (Å²) in [6.45, 7) is 3.34. The molecule has 2 aromatic rings. The molecule has 2 aromatic carbocycles. The van der Waals surface area contributed by atoms with Crippen LogP contribution in [0.3, 0.4) is 0 Å². The normalized spacial score (nSPS) is 15.5. The Morgan fingerprint density at radius 2 is 1.93 bits per heavy atom. The molecule has 1 saturated heterocycles. The smallest absolute Gasteiger partial charge is 0.330 e. The van der Waals surface area contributed by atoms with Crippen LogP contribution in [0.2, 0.25) is 5.02 Å². The second-order valence-corrected chi connectivity index (χ2v) is 7.68. The lowest BCUT2D eigenvalue weighted by Gasteiger charge is -2.31. The number of rotatable bonds is 7. The molecule has 0 spiro atoms. The van der Waals surface area contributed by atoms with Crippen molar-refractivity contribution < 1.29 is 19.4 Å². The van der Waals surface area contributed by atoms with Gasteiger partial charge in [-0.3, -0.25) is 4.90 Å². The Balaban J connectivity index is 1.39. The van der Waals surface area contributed by atoms with Crippen LogP contribution in [0.4, 0.5) is 0 Å². The van der Waals surface area contributed by atoms with Gasteiger partial charge in [0.05, 0.1) is 13.7 Å². The van der Waals surface area contributed by atoms with Crippen molar-refractivity contribution in [2.45, 2.75) is 19.4 Å².